The first kappa shape index (κ1) is 16.4. The third-order valence-corrected chi connectivity index (χ3v) is 4.59. The molecule has 0 aliphatic carbocycles. The molecule has 0 spiro atoms. The van der Waals surface area contributed by atoms with Gasteiger partial charge in [-0.3, -0.25) is 0 Å². The Morgan fingerprint density at radius 2 is 2.00 bits per heavy atom. The van der Waals surface area contributed by atoms with E-state index < -0.39 is 0 Å². The van der Waals surface area contributed by atoms with Crippen LogP contribution in [0.5, 0.6) is 5.75 Å². The number of hydrogen-bond donors (Lipinski definition) is 0. The van der Waals surface area contributed by atoms with Crippen LogP contribution < -0.4 is 4.74 Å². The molecular weight excluding hydrogens is 377 g/mol. The van der Waals surface area contributed by atoms with Gasteiger partial charge in [0, 0.05) is 15.9 Å². The van der Waals surface area contributed by atoms with E-state index in [-0.39, 0.29) is 15.8 Å². The number of azide groups is 1. The van der Waals surface area contributed by atoms with Crippen molar-refractivity contribution in [3.05, 3.63) is 56.9 Å². The predicted octanol–water partition coefficient (Wildman–Crippen LogP) is 5.20. The minimum absolute atomic E-state index is 0.223. The first-order valence-corrected chi connectivity index (χ1v) is 8.13. The van der Waals surface area contributed by atoms with E-state index in [1.54, 1.807) is 6.07 Å². The highest BCUT2D eigenvalue weighted by molar-refractivity contribution is 6.41. The highest BCUT2D eigenvalue weighted by Gasteiger charge is 2.23. The van der Waals surface area contributed by atoms with Gasteiger partial charge < -0.3 is 4.74 Å². The zero-order valence-corrected chi connectivity index (χ0v) is 14.8. The van der Waals surface area contributed by atoms with E-state index in [0.29, 0.717) is 27.8 Å². The third-order valence-electron chi connectivity index (χ3n) is 3.96. The van der Waals surface area contributed by atoms with Gasteiger partial charge in [0.15, 0.2) is 11.4 Å². The van der Waals surface area contributed by atoms with Crippen LogP contribution in [0, 0.1) is 0 Å². The predicted molar refractivity (Wildman–Crippen MR) is 99.1 cm³/mol. The summed E-state index contributed by atoms with van der Waals surface area (Å²) in [6.07, 6.45) is 0. The topological polar surface area (TPSA) is 101 Å². The summed E-state index contributed by atoms with van der Waals surface area (Å²) in [6, 6.07) is 11.0. The minimum Gasteiger partial charge on any atom is -0.494 e. The van der Waals surface area contributed by atoms with E-state index in [1.807, 2.05) is 30.3 Å². The van der Waals surface area contributed by atoms with Gasteiger partial charge in [-0.25, -0.2) is 0 Å². The molecule has 0 saturated carbocycles. The summed E-state index contributed by atoms with van der Waals surface area (Å²) in [5.74, 6) is 0.289. The molecule has 0 atom stereocenters. The molecule has 2 heterocycles. The van der Waals surface area contributed by atoms with E-state index in [4.69, 9.17) is 33.5 Å². The molecule has 0 radical (unpaired) electrons. The number of aromatic nitrogens is 4. The summed E-state index contributed by atoms with van der Waals surface area (Å²) < 4.78 is 6.76. The van der Waals surface area contributed by atoms with Crippen molar-refractivity contribution in [3.8, 4) is 16.9 Å². The van der Waals surface area contributed by atoms with Crippen LogP contribution in [-0.4, -0.2) is 27.2 Å². The quantitative estimate of drug-likeness (QED) is 0.274. The van der Waals surface area contributed by atoms with Crippen LogP contribution in [0.1, 0.15) is 0 Å². The number of rotatable bonds is 3. The molecule has 2 aromatic heterocycles. The Morgan fingerprint density at radius 1 is 1.23 bits per heavy atom. The monoisotopic (exact) mass is 385 g/mol. The summed E-state index contributed by atoms with van der Waals surface area (Å²) in [5, 5.41) is 16.8. The van der Waals surface area contributed by atoms with Crippen LogP contribution >= 0.6 is 23.2 Å². The van der Waals surface area contributed by atoms with Crippen LogP contribution in [0.2, 0.25) is 10.0 Å². The molecule has 0 unspecified atom stereocenters. The van der Waals surface area contributed by atoms with E-state index in [0.717, 1.165) is 5.56 Å². The smallest absolute Gasteiger partial charge is 0.188 e. The van der Waals surface area contributed by atoms with Crippen molar-refractivity contribution >= 4 is 45.4 Å². The Kier molecular flexibility index (Phi) is 4.00. The Bertz CT molecular complexity index is 1200. The van der Waals surface area contributed by atoms with E-state index in [9.17, 15) is 0 Å². The zero-order valence-electron chi connectivity index (χ0n) is 13.3. The van der Waals surface area contributed by atoms with E-state index in [1.165, 1.54) is 11.6 Å². The molecule has 0 N–H and O–H groups in total. The second-order valence-corrected chi connectivity index (χ2v) is 6.08. The maximum Gasteiger partial charge on any atom is 0.188 e. The molecule has 0 saturated heterocycles. The number of benzene rings is 2. The normalized spacial score (nSPS) is 10.9. The van der Waals surface area contributed by atoms with Gasteiger partial charge in [-0.1, -0.05) is 58.6 Å². The molecule has 26 heavy (non-hydrogen) atoms. The maximum atomic E-state index is 9.12. The van der Waals surface area contributed by atoms with Crippen molar-refractivity contribution in [2.24, 2.45) is 5.11 Å². The minimum atomic E-state index is 0.223. The number of hydrogen-bond acceptors (Lipinski definition) is 5. The molecule has 0 aliphatic rings. The average Bonchev–Trinajstić information content (AvgIpc) is 3.12. The molecule has 4 rings (SSSR count). The largest absolute Gasteiger partial charge is 0.494 e. The van der Waals surface area contributed by atoms with Crippen molar-refractivity contribution in [2.75, 3.05) is 7.11 Å². The Hall–Kier alpha value is -3.06. The zero-order chi connectivity index (χ0) is 18.3. The summed E-state index contributed by atoms with van der Waals surface area (Å²) in [7, 11) is 1.46. The molecule has 10 heteroatoms. The van der Waals surface area contributed by atoms with Gasteiger partial charge in [0.05, 0.1) is 23.3 Å². The third kappa shape index (κ3) is 2.32. The lowest BCUT2D eigenvalue weighted by atomic mass is 10.0. The van der Waals surface area contributed by atoms with Gasteiger partial charge in [0.1, 0.15) is 5.02 Å². The van der Waals surface area contributed by atoms with Gasteiger partial charge >= 0.3 is 0 Å². The first-order valence-electron chi connectivity index (χ1n) is 7.37. The SMILES string of the molecule is COc1c(Cl)cc2c(N=[N+]=[N-])c(-c3ccccc3)c3nnnn3c2c1Cl. The lowest BCUT2D eigenvalue weighted by Crippen LogP contribution is -1.98. The summed E-state index contributed by atoms with van der Waals surface area (Å²) in [6.45, 7) is 0. The standard InChI is InChI=1S/C16H9Cl2N7O/c1-26-15-10(17)7-9-13(20-22-19)11(8-5-3-2-4-6-8)16-21-23-24-25(16)14(9)12(15)18/h2-7H,1H3. The van der Waals surface area contributed by atoms with Gasteiger partial charge in [0.25, 0.3) is 0 Å². The van der Waals surface area contributed by atoms with Crippen molar-refractivity contribution in [1.29, 1.82) is 0 Å². The number of fused-ring (bicyclic) bond motifs is 3. The van der Waals surface area contributed by atoms with Gasteiger partial charge in [0.2, 0.25) is 0 Å². The summed E-state index contributed by atoms with van der Waals surface area (Å²) in [4.78, 5) is 2.97. The van der Waals surface area contributed by atoms with Crippen molar-refractivity contribution < 1.29 is 4.74 Å². The lowest BCUT2D eigenvalue weighted by molar-refractivity contribution is 0.415. The Morgan fingerprint density at radius 3 is 2.69 bits per heavy atom. The second kappa shape index (κ2) is 6.34. The Labute approximate surface area is 156 Å². The van der Waals surface area contributed by atoms with Crippen LogP contribution in [0.4, 0.5) is 5.69 Å². The summed E-state index contributed by atoms with van der Waals surface area (Å²) in [5.41, 5.74) is 11.7. The number of ether oxygens (including phenoxy) is 1. The van der Waals surface area contributed by atoms with Gasteiger partial charge in [-0.15, -0.1) is 5.10 Å². The van der Waals surface area contributed by atoms with Gasteiger partial charge in [-0.05, 0) is 27.6 Å². The van der Waals surface area contributed by atoms with E-state index in [2.05, 4.69) is 25.6 Å². The maximum absolute atomic E-state index is 9.12. The molecule has 0 amide bonds. The molecule has 0 fully saturated rings. The Balaban J connectivity index is 2.30. The molecule has 0 aliphatic heterocycles. The molecular formula is C16H9Cl2N7O. The van der Waals surface area contributed by atoms with Crippen LogP contribution in [-0.2, 0) is 0 Å². The number of methoxy groups -OCH3 is 1. The lowest BCUT2D eigenvalue weighted by Gasteiger charge is -2.15. The average molecular weight is 386 g/mol. The number of nitrogens with zero attached hydrogens (tertiary/aromatic N) is 7. The molecule has 0 bridgehead atoms. The highest BCUT2D eigenvalue weighted by atomic mass is 35.5. The second-order valence-electron chi connectivity index (χ2n) is 5.30. The fourth-order valence-electron chi connectivity index (χ4n) is 2.92. The molecule has 4 aromatic rings. The fraction of sp³-hybridized carbons (Fsp3) is 0.0625. The van der Waals surface area contributed by atoms with E-state index >= 15 is 0 Å². The van der Waals surface area contributed by atoms with Crippen molar-refractivity contribution in [1.82, 2.24) is 20.0 Å². The van der Waals surface area contributed by atoms with Gasteiger partial charge in [-0.2, -0.15) is 4.52 Å². The first-order chi connectivity index (χ1) is 12.7. The molecule has 8 nitrogen and oxygen atoms in total. The van der Waals surface area contributed by atoms with Crippen LogP contribution in [0.15, 0.2) is 41.5 Å². The number of tetrazole rings is 1. The number of halogens is 2. The van der Waals surface area contributed by atoms with Crippen molar-refractivity contribution in [2.45, 2.75) is 0 Å². The van der Waals surface area contributed by atoms with Crippen LogP contribution in [0.25, 0.3) is 38.1 Å². The van der Waals surface area contributed by atoms with Crippen LogP contribution in [0.3, 0.4) is 0 Å². The highest BCUT2D eigenvalue weighted by Crippen LogP contribution is 2.46. The fourth-order valence-corrected chi connectivity index (χ4v) is 3.61. The summed E-state index contributed by atoms with van der Waals surface area (Å²) >= 11 is 12.8. The molecule has 128 valence electrons. The molecule has 2 aromatic carbocycles. The van der Waals surface area contributed by atoms with Crippen molar-refractivity contribution in [3.63, 3.8) is 0 Å². The number of pyridine rings is 1.